The fourth-order valence-corrected chi connectivity index (χ4v) is 2.74. The van der Waals surface area contributed by atoms with Gasteiger partial charge in [-0.1, -0.05) is 39.5 Å². The average molecular weight is 240 g/mol. The molecule has 1 aliphatic rings. The summed E-state index contributed by atoms with van der Waals surface area (Å²) in [6.45, 7) is 5.17. The molecular formula is C14H28N2O. The summed E-state index contributed by atoms with van der Waals surface area (Å²) in [6, 6.07) is -0.315. The predicted molar refractivity (Wildman–Crippen MR) is 71.7 cm³/mol. The second-order valence-electron chi connectivity index (χ2n) is 5.53. The van der Waals surface area contributed by atoms with Gasteiger partial charge in [0.2, 0.25) is 5.91 Å². The first-order chi connectivity index (χ1) is 8.13. The molecule has 3 N–H and O–H groups in total. The normalized spacial score (nSPS) is 20.2. The lowest BCUT2D eigenvalue weighted by Gasteiger charge is -2.28. The maximum Gasteiger partial charge on any atom is 0.236 e. The van der Waals surface area contributed by atoms with E-state index in [1.807, 2.05) is 0 Å². The van der Waals surface area contributed by atoms with Crippen LogP contribution in [0.2, 0.25) is 0 Å². The molecule has 1 aliphatic carbocycles. The molecule has 0 aromatic carbocycles. The van der Waals surface area contributed by atoms with Crippen molar-refractivity contribution in [2.45, 2.75) is 71.3 Å². The molecule has 1 saturated carbocycles. The van der Waals surface area contributed by atoms with Gasteiger partial charge in [0, 0.05) is 6.54 Å². The first-order valence-electron chi connectivity index (χ1n) is 7.17. The lowest BCUT2D eigenvalue weighted by Crippen LogP contribution is -2.44. The van der Waals surface area contributed by atoms with E-state index >= 15 is 0 Å². The summed E-state index contributed by atoms with van der Waals surface area (Å²) in [5.41, 5.74) is 6.22. The second kappa shape index (κ2) is 7.00. The number of nitrogens with two attached hydrogens (primary N) is 1. The summed E-state index contributed by atoms with van der Waals surface area (Å²) >= 11 is 0. The zero-order valence-corrected chi connectivity index (χ0v) is 11.4. The zero-order valence-electron chi connectivity index (χ0n) is 11.4. The quantitative estimate of drug-likeness (QED) is 0.718. The van der Waals surface area contributed by atoms with Crippen LogP contribution >= 0.6 is 0 Å². The molecule has 0 saturated heterocycles. The van der Waals surface area contributed by atoms with Crippen molar-refractivity contribution in [1.82, 2.24) is 5.32 Å². The number of nitrogens with one attached hydrogen (secondary N) is 1. The molecule has 1 rings (SSSR count). The van der Waals surface area contributed by atoms with Crippen LogP contribution in [0.1, 0.15) is 65.2 Å². The van der Waals surface area contributed by atoms with E-state index in [2.05, 4.69) is 19.2 Å². The van der Waals surface area contributed by atoms with Gasteiger partial charge in [-0.15, -0.1) is 0 Å². The van der Waals surface area contributed by atoms with E-state index in [4.69, 9.17) is 5.73 Å². The van der Waals surface area contributed by atoms with Gasteiger partial charge in [-0.05, 0) is 31.1 Å². The monoisotopic (exact) mass is 240 g/mol. The van der Waals surface area contributed by atoms with Gasteiger partial charge in [0.1, 0.15) is 0 Å². The highest BCUT2D eigenvalue weighted by Gasteiger charge is 2.32. The molecule has 1 fully saturated rings. The van der Waals surface area contributed by atoms with E-state index < -0.39 is 0 Å². The van der Waals surface area contributed by atoms with Crippen molar-refractivity contribution >= 4 is 5.91 Å². The van der Waals surface area contributed by atoms with Crippen LogP contribution in [0, 0.1) is 5.41 Å². The van der Waals surface area contributed by atoms with Crippen molar-refractivity contribution in [1.29, 1.82) is 0 Å². The third kappa shape index (κ3) is 4.30. The SMILES string of the molecule is CCCC[C@H](N)C(=O)NCC1(CC)CCCC1. The molecule has 0 radical (unpaired) electrons. The summed E-state index contributed by atoms with van der Waals surface area (Å²) < 4.78 is 0. The van der Waals surface area contributed by atoms with Gasteiger partial charge in [-0.3, -0.25) is 4.79 Å². The van der Waals surface area contributed by atoms with Crippen LogP contribution in [-0.4, -0.2) is 18.5 Å². The molecule has 1 amide bonds. The van der Waals surface area contributed by atoms with Gasteiger partial charge in [0.25, 0.3) is 0 Å². The van der Waals surface area contributed by atoms with Crippen LogP contribution in [0.15, 0.2) is 0 Å². The number of amides is 1. The Labute approximate surface area is 106 Å². The number of carbonyl (C=O) groups is 1. The summed E-state index contributed by atoms with van der Waals surface area (Å²) in [5, 5.41) is 3.06. The first kappa shape index (κ1) is 14.5. The minimum absolute atomic E-state index is 0.0400. The van der Waals surface area contributed by atoms with Gasteiger partial charge < -0.3 is 11.1 Å². The maximum absolute atomic E-state index is 11.8. The van der Waals surface area contributed by atoms with Crippen LogP contribution in [0.5, 0.6) is 0 Å². The van der Waals surface area contributed by atoms with Crippen LogP contribution in [0.25, 0.3) is 0 Å². The van der Waals surface area contributed by atoms with Gasteiger partial charge in [-0.2, -0.15) is 0 Å². The molecular weight excluding hydrogens is 212 g/mol. The standard InChI is InChI=1S/C14H28N2O/c1-3-5-8-12(15)13(17)16-11-14(4-2)9-6-7-10-14/h12H,3-11,15H2,1-2H3,(H,16,17)/t12-/m0/s1. The van der Waals surface area contributed by atoms with E-state index in [9.17, 15) is 4.79 Å². The molecule has 17 heavy (non-hydrogen) atoms. The topological polar surface area (TPSA) is 55.1 Å². The number of carbonyl (C=O) groups excluding carboxylic acids is 1. The molecule has 0 spiro atoms. The molecule has 1 atom stereocenters. The number of hydrogen-bond donors (Lipinski definition) is 2. The predicted octanol–water partition coefficient (Wildman–Crippen LogP) is 2.59. The Hall–Kier alpha value is -0.570. The molecule has 0 bridgehead atoms. The molecule has 100 valence electrons. The number of rotatable bonds is 7. The Balaban J connectivity index is 2.31. The van der Waals surface area contributed by atoms with Crippen LogP contribution in [-0.2, 0) is 4.79 Å². The van der Waals surface area contributed by atoms with E-state index in [0.717, 1.165) is 32.2 Å². The lowest BCUT2D eigenvalue weighted by molar-refractivity contribution is -0.123. The molecule has 0 aromatic heterocycles. The maximum atomic E-state index is 11.8. The molecule has 0 aliphatic heterocycles. The highest BCUT2D eigenvalue weighted by Crippen LogP contribution is 2.40. The third-order valence-corrected chi connectivity index (χ3v) is 4.26. The van der Waals surface area contributed by atoms with Crippen molar-refractivity contribution in [3.05, 3.63) is 0 Å². The average Bonchev–Trinajstić information content (AvgIpc) is 2.82. The molecule has 0 heterocycles. The second-order valence-corrected chi connectivity index (χ2v) is 5.53. The van der Waals surface area contributed by atoms with Crippen molar-refractivity contribution < 1.29 is 4.79 Å². The van der Waals surface area contributed by atoms with Crippen molar-refractivity contribution in [2.75, 3.05) is 6.54 Å². The van der Waals surface area contributed by atoms with Crippen molar-refractivity contribution in [2.24, 2.45) is 11.1 Å². The van der Waals surface area contributed by atoms with Crippen LogP contribution in [0.4, 0.5) is 0 Å². The van der Waals surface area contributed by atoms with Gasteiger partial charge in [-0.25, -0.2) is 0 Å². The minimum Gasteiger partial charge on any atom is -0.354 e. The molecule has 0 unspecified atom stereocenters. The summed E-state index contributed by atoms with van der Waals surface area (Å²) in [4.78, 5) is 11.8. The van der Waals surface area contributed by atoms with Crippen molar-refractivity contribution in [3.63, 3.8) is 0 Å². The van der Waals surface area contributed by atoms with E-state index in [1.54, 1.807) is 0 Å². The summed E-state index contributed by atoms with van der Waals surface area (Å²) in [6.07, 6.45) is 9.24. The third-order valence-electron chi connectivity index (χ3n) is 4.26. The smallest absolute Gasteiger partial charge is 0.236 e. The zero-order chi connectivity index (χ0) is 12.7. The Kier molecular flexibility index (Phi) is 5.96. The van der Waals surface area contributed by atoms with E-state index in [0.29, 0.717) is 5.41 Å². The first-order valence-corrected chi connectivity index (χ1v) is 7.17. The Morgan fingerprint density at radius 1 is 1.35 bits per heavy atom. The highest BCUT2D eigenvalue weighted by atomic mass is 16.2. The Morgan fingerprint density at radius 2 is 2.00 bits per heavy atom. The fourth-order valence-electron chi connectivity index (χ4n) is 2.74. The van der Waals surface area contributed by atoms with Gasteiger partial charge in [0.05, 0.1) is 6.04 Å². The van der Waals surface area contributed by atoms with Crippen molar-refractivity contribution in [3.8, 4) is 0 Å². The summed E-state index contributed by atoms with van der Waals surface area (Å²) in [5.74, 6) is 0.0400. The minimum atomic E-state index is -0.315. The summed E-state index contributed by atoms with van der Waals surface area (Å²) in [7, 11) is 0. The van der Waals surface area contributed by atoms with Gasteiger partial charge >= 0.3 is 0 Å². The highest BCUT2D eigenvalue weighted by molar-refractivity contribution is 5.81. The lowest BCUT2D eigenvalue weighted by atomic mass is 9.83. The van der Waals surface area contributed by atoms with E-state index in [-0.39, 0.29) is 11.9 Å². The van der Waals surface area contributed by atoms with E-state index in [1.165, 1.54) is 25.7 Å². The fraction of sp³-hybridized carbons (Fsp3) is 0.929. The molecule has 3 heteroatoms. The number of unbranched alkanes of at least 4 members (excludes halogenated alkanes) is 1. The number of hydrogen-bond acceptors (Lipinski definition) is 2. The molecule has 3 nitrogen and oxygen atoms in total. The van der Waals surface area contributed by atoms with Gasteiger partial charge in [0.15, 0.2) is 0 Å². The largest absolute Gasteiger partial charge is 0.354 e. The van der Waals surface area contributed by atoms with Crippen LogP contribution in [0.3, 0.4) is 0 Å². The molecule has 0 aromatic rings. The Bertz CT molecular complexity index is 234. The Morgan fingerprint density at radius 3 is 2.53 bits per heavy atom. The van der Waals surface area contributed by atoms with Crippen LogP contribution < -0.4 is 11.1 Å².